The maximum Gasteiger partial charge on any atom is 0.234 e. The standard InChI is InChI=1S/C15H32N2O/c1-5-7-8-9-11-13(3)16-12-15(18)17-14(4)10-6-2/h13-14,16H,5-12H2,1-4H3,(H,17,18). The molecule has 1 amide bonds. The summed E-state index contributed by atoms with van der Waals surface area (Å²) in [4.78, 5) is 11.6. The number of rotatable bonds is 11. The summed E-state index contributed by atoms with van der Waals surface area (Å²) >= 11 is 0. The van der Waals surface area contributed by atoms with Gasteiger partial charge in [-0.25, -0.2) is 0 Å². The molecule has 18 heavy (non-hydrogen) atoms. The largest absolute Gasteiger partial charge is 0.353 e. The number of unbranched alkanes of at least 4 members (excludes halogenated alkanes) is 3. The van der Waals surface area contributed by atoms with Crippen LogP contribution in [0.1, 0.15) is 72.6 Å². The van der Waals surface area contributed by atoms with Gasteiger partial charge in [0.15, 0.2) is 0 Å². The second-order valence-electron chi connectivity index (χ2n) is 5.39. The highest BCUT2D eigenvalue weighted by Gasteiger charge is 2.08. The lowest BCUT2D eigenvalue weighted by molar-refractivity contribution is -0.121. The van der Waals surface area contributed by atoms with Crippen LogP contribution in [0.15, 0.2) is 0 Å². The third-order valence-electron chi connectivity index (χ3n) is 3.23. The zero-order valence-corrected chi connectivity index (χ0v) is 12.7. The Labute approximate surface area is 113 Å². The summed E-state index contributed by atoms with van der Waals surface area (Å²) in [6.07, 6.45) is 8.50. The monoisotopic (exact) mass is 256 g/mol. The highest BCUT2D eigenvalue weighted by atomic mass is 16.1. The van der Waals surface area contributed by atoms with Gasteiger partial charge in [-0.15, -0.1) is 0 Å². The van der Waals surface area contributed by atoms with Gasteiger partial charge in [-0.2, -0.15) is 0 Å². The lowest BCUT2D eigenvalue weighted by Gasteiger charge is -2.16. The molecule has 0 bridgehead atoms. The van der Waals surface area contributed by atoms with Crippen molar-refractivity contribution in [2.45, 2.75) is 84.7 Å². The van der Waals surface area contributed by atoms with Crippen molar-refractivity contribution in [3.05, 3.63) is 0 Å². The van der Waals surface area contributed by atoms with Gasteiger partial charge in [0.1, 0.15) is 0 Å². The van der Waals surface area contributed by atoms with E-state index in [1.807, 2.05) is 0 Å². The maximum atomic E-state index is 11.6. The molecule has 0 aliphatic rings. The summed E-state index contributed by atoms with van der Waals surface area (Å²) in [5.41, 5.74) is 0. The van der Waals surface area contributed by atoms with E-state index in [0.717, 1.165) is 19.3 Å². The molecule has 2 unspecified atom stereocenters. The summed E-state index contributed by atoms with van der Waals surface area (Å²) in [7, 11) is 0. The number of nitrogens with one attached hydrogen (secondary N) is 2. The number of hydrogen-bond donors (Lipinski definition) is 2. The van der Waals surface area contributed by atoms with Crippen molar-refractivity contribution in [3.63, 3.8) is 0 Å². The zero-order valence-electron chi connectivity index (χ0n) is 12.7. The first-order valence-electron chi connectivity index (χ1n) is 7.62. The minimum atomic E-state index is 0.122. The highest BCUT2D eigenvalue weighted by Crippen LogP contribution is 2.04. The number of carbonyl (C=O) groups excluding carboxylic acids is 1. The van der Waals surface area contributed by atoms with Crippen LogP contribution in [0.5, 0.6) is 0 Å². The zero-order chi connectivity index (χ0) is 13.8. The lowest BCUT2D eigenvalue weighted by Crippen LogP contribution is -2.41. The number of carbonyl (C=O) groups is 1. The molecule has 0 heterocycles. The Morgan fingerprint density at radius 1 is 0.944 bits per heavy atom. The first kappa shape index (κ1) is 17.4. The van der Waals surface area contributed by atoms with Crippen LogP contribution in [0.3, 0.4) is 0 Å². The van der Waals surface area contributed by atoms with Crippen molar-refractivity contribution in [2.24, 2.45) is 0 Å². The van der Waals surface area contributed by atoms with Crippen LogP contribution in [0, 0.1) is 0 Å². The molecule has 3 heteroatoms. The van der Waals surface area contributed by atoms with Crippen molar-refractivity contribution < 1.29 is 4.79 Å². The van der Waals surface area contributed by atoms with Crippen molar-refractivity contribution in [3.8, 4) is 0 Å². The Kier molecular flexibility index (Phi) is 11.2. The summed E-state index contributed by atoms with van der Waals surface area (Å²) < 4.78 is 0. The fourth-order valence-electron chi connectivity index (χ4n) is 2.08. The van der Waals surface area contributed by atoms with Gasteiger partial charge in [-0.05, 0) is 26.7 Å². The molecule has 2 atom stereocenters. The Morgan fingerprint density at radius 3 is 2.28 bits per heavy atom. The van der Waals surface area contributed by atoms with E-state index < -0.39 is 0 Å². The second kappa shape index (κ2) is 11.5. The number of amides is 1. The Morgan fingerprint density at radius 2 is 1.67 bits per heavy atom. The molecule has 0 radical (unpaired) electrons. The average molecular weight is 256 g/mol. The average Bonchev–Trinajstić information content (AvgIpc) is 2.32. The Bertz CT molecular complexity index is 207. The van der Waals surface area contributed by atoms with Gasteiger partial charge in [0.25, 0.3) is 0 Å². The molecule has 0 aromatic rings. The molecule has 0 aliphatic heterocycles. The van der Waals surface area contributed by atoms with Crippen molar-refractivity contribution in [2.75, 3.05) is 6.54 Å². The van der Waals surface area contributed by atoms with Gasteiger partial charge < -0.3 is 10.6 Å². The second-order valence-corrected chi connectivity index (χ2v) is 5.39. The van der Waals surface area contributed by atoms with Crippen LogP contribution in [-0.2, 0) is 4.79 Å². The molecular weight excluding hydrogens is 224 g/mol. The van der Waals surface area contributed by atoms with Crippen molar-refractivity contribution in [1.29, 1.82) is 0 Å². The molecule has 0 spiro atoms. The fourth-order valence-corrected chi connectivity index (χ4v) is 2.08. The van der Waals surface area contributed by atoms with Gasteiger partial charge in [0, 0.05) is 12.1 Å². The van der Waals surface area contributed by atoms with E-state index in [2.05, 4.69) is 38.3 Å². The van der Waals surface area contributed by atoms with Gasteiger partial charge in [0.05, 0.1) is 6.54 Å². The number of hydrogen-bond acceptors (Lipinski definition) is 2. The lowest BCUT2D eigenvalue weighted by atomic mass is 10.1. The van der Waals surface area contributed by atoms with Crippen molar-refractivity contribution in [1.82, 2.24) is 10.6 Å². The molecule has 108 valence electrons. The first-order valence-corrected chi connectivity index (χ1v) is 7.62. The molecule has 0 aromatic heterocycles. The molecular formula is C15H32N2O. The highest BCUT2D eigenvalue weighted by molar-refractivity contribution is 5.78. The minimum Gasteiger partial charge on any atom is -0.353 e. The summed E-state index contributed by atoms with van der Waals surface area (Å²) in [5.74, 6) is 0.122. The van der Waals surface area contributed by atoms with Crippen LogP contribution < -0.4 is 10.6 Å². The summed E-state index contributed by atoms with van der Waals surface area (Å²) in [6, 6.07) is 0.734. The van der Waals surface area contributed by atoms with Gasteiger partial charge in [-0.3, -0.25) is 4.79 Å². The summed E-state index contributed by atoms with van der Waals surface area (Å²) in [5, 5.41) is 6.31. The van der Waals surface area contributed by atoms with Crippen LogP contribution in [0.2, 0.25) is 0 Å². The molecule has 0 aliphatic carbocycles. The first-order chi connectivity index (χ1) is 8.60. The molecule has 0 aromatic carbocycles. The molecule has 2 N–H and O–H groups in total. The van der Waals surface area contributed by atoms with Crippen LogP contribution in [0.25, 0.3) is 0 Å². The summed E-state index contributed by atoms with van der Waals surface area (Å²) in [6.45, 7) is 9.04. The smallest absolute Gasteiger partial charge is 0.234 e. The van der Waals surface area contributed by atoms with E-state index in [9.17, 15) is 4.79 Å². The molecule has 0 saturated heterocycles. The maximum absolute atomic E-state index is 11.6. The normalized spacial score (nSPS) is 14.2. The van der Waals surface area contributed by atoms with E-state index in [1.165, 1.54) is 25.7 Å². The minimum absolute atomic E-state index is 0.122. The van der Waals surface area contributed by atoms with E-state index in [4.69, 9.17) is 0 Å². The van der Waals surface area contributed by atoms with Crippen LogP contribution >= 0.6 is 0 Å². The van der Waals surface area contributed by atoms with Gasteiger partial charge >= 0.3 is 0 Å². The van der Waals surface area contributed by atoms with Crippen molar-refractivity contribution >= 4 is 5.91 Å². The fraction of sp³-hybridized carbons (Fsp3) is 0.933. The predicted molar refractivity (Wildman–Crippen MR) is 78.7 cm³/mol. The van der Waals surface area contributed by atoms with E-state index in [0.29, 0.717) is 18.6 Å². The third-order valence-corrected chi connectivity index (χ3v) is 3.23. The molecule has 0 saturated carbocycles. The predicted octanol–water partition coefficient (Wildman–Crippen LogP) is 3.24. The SMILES string of the molecule is CCCCCCC(C)NCC(=O)NC(C)CCC. The molecule has 0 rings (SSSR count). The van der Waals surface area contributed by atoms with E-state index in [1.54, 1.807) is 0 Å². The van der Waals surface area contributed by atoms with Gasteiger partial charge in [0.2, 0.25) is 5.91 Å². The van der Waals surface area contributed by atoms with Gasteiger partial charge in [-0.1, -0.05) is 46.0 Å². The molecule has 3 nitrogen and oxygen atoms in total. The van der Waals surface area contributed by atoms with Crippen LogP contribution in [-0.4, -0.2) is 24.5 Å². The van der Waals surface area contributed by atoms with E-state index in [-0.39, 0.29) is 5.91 Å². The topological polar surface area (TPSA) is 41.1 Å². The van der Waals surface area contributed by atoms with Crippen LogP contribution in [0.4, 0.5) is 0 Å². The Hall–Kier alpha value is -0.570. The third kappa shape index (κ3) is 10.6. The quantitative estimate of drug-likeness (QED) is 0.557. The van der Waals surface area contributed by atoms with E-state index >= 15 is 0 Å². The Balaban J connectivity index is 3.52. The molecule has 0 fully saturated rings.